The molecule has 1 aromatic carbocycles. The van der Waals surface area contributed by atoms with Crippen LogP contribution in [0.5, 0.6) is 0 Å². The molecule has 1 aliphatic heterocycles. The summed E-state index contributed by atoms with van der Waals surface area (Å²) in [5.41, 5.74) is 1.56. The average Bonchev–Trinajstić information content (AvgIpc) is 2.74. The van der Waals surface area contributed by atoms with Crippen molar-refractivity contribution in [1.29, 1.82) is 0 Å². The molecule has 0 bridgehead atoms. The van der Waals surface area contributed by atoms with Gasteiger partial charge in [0.05, 0.1) is 11.4 Å². The topological polar surface area (TPSA) is 58.2 Å². The summed E-state index contributed by atoms with van der Waals surface area (Å²) in [6.45, 7) is 2.80. The Hall–Kier alpha value is -0.590. The lowest BCUT2D eigenvalue weighted by atomic mass is 10.2. The number of benzene rings is 1. The first-order valence-electron chi connectivity index (χ1n) is 5.96. The molecule has 1 unspecified atom stereocenters. The summed E-state index contributed by atoms with van der Waals surface area (Å²) in [4.78, 5) is 0. The van der Waals surface area contributed by atoms with E-state index in [1.165, 1.54) is 0 Å². The Bertz CT molecular complexity index is 525. The number of hydrogen-bond donors (Lipinski definition) is 2. The lowest BCUT2D eigenvalue weighted by molar-refractivity contribution is 0.581. The monoisotopic (exact) mass is 332 g/mol. The van der Waals surface area contributed by atoms with E-state index in [4.69, 9.17) is 0 Å². The molecular formula is C12H17BrN2O2S. The van der Waals surface area contributed by atoms with Crippen LogP contribution >= 0.6 is 15.9 Å². The first-order valence-corrected chi connectivity index (χ1v) is 8.41. The van der Waals surface area contributed by atoms with Gasteiger partial charge in [-0.2, -0.15) is 0 Å². The van der Waals surface area contributed by atoms with Crippen LogP contribution in [-0.2, 0) is 10.0 Å². The van der Waals surface area contributed by atoms with Crippen LogP contribution in [0, 0.1) is 6.92 Å². The minimum Gasteiger partial charge on any atom is -0.313 e. The molecule has 1 heterocycles. The third kappa shape index (κ3) is 3.70. The van der Waals surface area contributed by atoms with E-state index in [0.29, 0.717) is 5.69 Å². The minimum absolute atomic E-state index is 0.0817. The van der Waals surface area contributed by atoms with E-state index in [1.807, 2.05) is 19.1 Å². The van der Waals surface area contributed by atoms with Gasteiger partial charge in [0.2, 0.25) is 10.0 Å². The van der Waals surface area contributed by atoms with Crippen LogP contribution in [0.15, 0.2) is 22.7 Å². The molecule has 100 valence electrons. The number of sulfonamides is 1. The number of halogens is 1. The first-order chi connectivity index (χ1) is 8.46. The standard InChI is InChI=1S/C12H17BrN2O2S/c1-9-7-10(13)4-5-12(9)15-18(16,17)8-11-3-2-6-14-11/h4-5,7,11,14-15H,2-3,6,8H2,1H3. The summed E-state index contributed by atoms with van der Waals surface area (Å²) < 4.78 is 27.7. The predicted octanol–water partition coefficient (Wildman–Crippen LogP) is 2.25. The van der Waals surface area contributed by atoms with E-state index >= 15 is 0 Å². The molecule has 4 nitrogen and oxygen atoms in total. The molecule has 0 saturated carbocycles. The lowest BCUT2D eigenvalue weighted by Gasteiger charge is -2.14. The summed E-state index contributed by atoms with van der Waals surface area (Å²) in [5, 5.41) is 3.20. The smallest absolute Gasteiger partial charge is 0.234 e. The van der Waals surface area contributed by atoms with E-state index in [9.17, 15) is 8.42 Å². The minimum atomic E-state index is -3.28. The molecule has 1 fully saturated rings. The summed E-state index contributed by atoms with van der Waals surface area (Å²) in [7, 11) is -3.28. The number of aryl methyl sites for hydroxylation is 1. The van der Waals surface area contributed by atoms with Gasteiger partial charge in [0.25, 0.3) is 0 Å². The molecule has 0 aliphatic carbocycles. The largest absolute Gasteiger partial charge is 0.313 e. The molecule has 0 radical (unpaired) electrons. The quantitative estimate of drug-likeness (QED) is 0.889. The van der Waals surface area contributed by atoms with Gasteiger partial charge >= 0.3 is 0 Å². The highest BCUT2D eigenvalue weighted by molar-refractivity contribution is 9.10. The molecule has 18 heavy (non-hydrogen) atoms. The lowest BCUT2D eigenvalue weighted by Crippen LogP contribution is -2.32. The Morgan fingerprint density at radius 2 is 2.28 bits per heavy atom. The average molecular weight is 333 g/mol. The van der Waals surface area contributed by atoms with Gasteiger partial charge in [0, 0.05) is 10.5 Å². The molecule has 0 aromatic heterocycles. The molecule has 0 spiro atoms. The van der Waals surface area contributed by atoms with Crippen molar-refractivity contribution in [2.24, 2.45) is 0 Å². The van der Waals surface area contributed by atoms with Gasteiger partial charge in [0.15, 0.2) is 0 Å². The van der Waals surface area contributed by atoms with Gasteiger partial charge in [-0.15, -0.1) is 0 Å². The first kappa shape index (κ1) is 13.8. The number of nitrogens with one attached hydrogen (secondary N) is 2. The molecular weight excluding hydrogens is 316 g/mol. The summed E-state index contributed by atoms with van der Waals surface area (Å²) in [5.74, 6) is 0.141. The van der Waals surface area contributed by atoms with Crippen LogP contribution in [-0.4, -0.2) is 26.8 Å². The SMILES string of the molecule is Cc1cc(Br)ccc1NS(=O)(=O)CC1CCCN1. The van der Waals surface area contributed by atoms with Crippen molar-refractivity contribution >= 4 is 31.6 Å². The van der Waals surface area contributed by atoms with Gasteiger partial charge in [0.1, 0.15) is 0 Å². The van der Waals surface area contributed by atoms with Crippen LogP contribution in [0.3, 0.4) is 0 Å². The highest BCUT2D eigenvalue weighted by Crippen LogP contribution is 2.21. The number of anilines is 1. The maximum absolute atomic E-state index is 12.0. The van der Waals surface area contributed by atoms with Gasteiger partial charge in [-0.25, -0.2) is 8.42 Å². The fourth-order valence-electron chi connectivity index (χ4n) is 2.11. The fourth-order valence-corrected chi connectivity index (χ4v) is 4.05. The summed E-state index contributed by atoms with van der Waals surface area (Å²) in [6, 6.07) is 5.59. The molecule has 0 amide bonds. The third-order valence-corrected chi connectivity index (χ3v) is 4.90. The molecule has 2 rings (SSSR count). The van der Waals surface area contributed by atoms with Crippen molar-refractivity contribution in [2.45, 2.75) is 25.8 Å². The Labute approximate surface area is 116 Å². The van der Waals surface area contributed by atoms with Gasteiger partial charge in [-0.1, -0.05) is 15.9 Å². The van der Waals surface area contributed by atoms with E-state index in [0.717, 1.165) is 29.4 Å². The maximum Gasteiger partial charge on any atom is 0.234 e. The second-order valence-electron chi connectivity index (χ2n) is 4.64. The van der Waals surface area contributed by atoms with Gasteiger partial charge in [-0.3, -0.25) is 4.72 Å². The normalized spacial score (nSPS) is 20.0. The van der Waals surface area contributed by atoms with Crippen LogP contribution in [0.2, 0.25) is 0 Å². The number of rotatable bonds is 4. The van der Waals surface area contributed by atoms with E-state index in [-0.39, 0.29) is 11.8 Å². The molecule has 1 aromatic rings. The highest BCUT2D eigenvalue weighted by Gasteiger charge is 2.22. The molecule has 1 saturated heterocycles. The van der Waals surface area contributed by atoms with Crippen LogP contribution in [0.25, 0.3) is 0 Å². The summed E-state index contributed by atoms with van der Waals surface area (Å²) in [6.07, 6.45) is 1.98. The molecule has 2 N–H and O–H groups in total. The molecule has 1 atom stereocenters. The zero-order valence-corrected chi connectivity index (χ0v) is 12.6. The van der Waals surface area contributed by atoms with E-state index in [1.54, 1.807) is 6.07 Å². The van der Waals surface area contributed by atoms with E-state index in [2.05, 4.69) is 26.0 Å². The van der Waals surface area contributed by atoms with Gasteiger partial charge < -0.3 is 5.32 Å². The van der Waals surface area contributed by atoms with Crippen molar-refractivity contribution < 1.29 is 8.42 Å². The van der Waals surface area contributed by atoms with Crippen LogP contribution in [0.1, 0.15) is 18.4 Å². The summed E-state index contributed by atoms with van der Waals surface area (Å²) >= 11 is 3.36. The second kappa shape index (κ2) is 5.59. The number of hydrogen-bond acceptors (Lipinski definition) is 3. The third-order valence-electron chi connectivity index (χ3n) is 3.04. The Kier molecular flexibility index (Phi) is 4.29. The zero-order chi connectivity index (χ0) is 13.2. The highest BCUT2D eigenvalue weighted by atomic mass is 79.9. The van der Waals surface area contributed by atoms with Crippen molar-refractivity contribution in [1.82, 2.24) is 5.32 Å². The molecule has 6 heteroatoms. The maximum atomic E-state index is 12.0. The van der Waals surface area contributed by atoms with Crippen molar-refractivity contribution in [3.8, 4) is 0 Å². The van der Waals surface area contributed by atoms with Crippen LogP contribution < -0.4 is 10.0 Å². The zero-order valence-electron chi connectivity index (χ0n) is 10.2. The fraction of sp³-hybridized carbons (Fsp3) is 0.500. The second-order valence-corrected chi connectivity index (χ2v) is 7.32. The Balaban J connectivity index is 2.07. The van der Waals surface area contributed by atoms with Crippen molar-refractivity contribution in [3.05, 3.63) is 28.2 Å². The molecule has 1 aliphatic rings. The predicted molar refractivity (Wildman–Crippen MR) is 77.3 cm³/mol. The van der Waals surface area contributed by atoms with E-state index < -0.39 is 10.0 Å². The van der Waals surface area contributed by atoms with Gasteiger partial charge in [-0.05, 0) is 50.1 Å². The van der Waals surface area contributed by atoms with Crippen molar-refractivity contribution in [3.63, 3.8) is 0 Å². The Morgan fingerprint density at radius 1 is 1.50 bits per heavy atom. The Morgan fingerprint density at radius 3 is 2.89 bits per heavy atom. The van der Waals surface area contributed by atoms with Crippen LogP contribution in [0.4, 0.5) is 5.69 Å². The van der Waals surface area contributed by atoms with Crippen molar-refractivity contribution in [2.75, 3.05) is 17.0 Å².